The summed E-state index contributed by atoms with van der Waals surface area (Å²) in [6.45, 7) is 8.15. The van der Waals surface area contributed by atoms with E-state index in [0.717, 1.165) is 158 Å². The highest BCUT2D eigenvalue weighted by Crippen LogP contribution is 2.41. The van der Waals surface area contributed by atoms with Crippen molar-refractivity contribution in [3.63, 3.8) is 0 Å². The van der Waals surface area contributed by atoms with E-state index in [1.54, 1.807) is 140 Å². The average molecular weight is 1950 g/mol. The molecular weight excluding hydrogens is 1860 g/mol. The highest BCUT2D eigenvalue weighted by molar-refractivity contribution is 7.17. The molecule has 0 aliphatic carbocycles. The van der Waals surface area contributed by atoms with Gasteiger partial charge in [-0.2, -0.15) is 0 Å². The normalized spacial score (nSPS) is 12.1. The molecule has 0 aliphatic heterocycles. The smallest absolute Gasteiger partial charge is 0.263 e. The van der Waals surface area contributed by atoms with Gasteiger partial charge in [0, 0.05) is 106 Å². The van der Waals surface area contributed by atoms with Crippen LogP contribution >= 0.6 is 45.3 Å². The predicted octanol–water partition coefficient (Wildman–Crippen LogP) is 25.7. The van der Waals surface area contributed by atoms with Crippen LogP contribution in [-0.4, -0.2) is 82.3 Å². The number of ether oxygens (including phenoxy) is 2. The van der Waals surface area contributed by atoms with E-state index in [4.69, 9.17) is 13.9 Å². The first-order valence-electron chi connectivity index (χ1n) is 46.0. The van der Waals surface area contributed by atoms with Crippen molar-refractivity contribution in [3.05, 3.63) is 440 Å². The molecule has 4 atom stereocenters. The maximum Gasteiger partial charge on any atom is 0.263 e. The molecule has 0 aliphatic rings. The van der Waals surface area contributed by atoms with Crippen molar-refractivity contribution < 1.29 is 13.9 Å². The SMILES string of the molecule is COc1ccccc1-c1cccc2cc([C@H](C)Nc3nccc4scnc34)n(-c3ccccc3)c(=O)c12.COc1cnccc1-c1cccc2cc([C@H](C)Nc3nccc4scnc34)n(-c3ccccc3)c(=O)c12.C[C@H](Nc1nccc2scnc12)c1cc2cccc(-c3ccncc3)c2c(=O)n1-c1ccccc1.C[C@H](Nc1nccc2scnc12)c1cc2cccc(-c3ccoc3)c2c(=O)n1-c1ccccc1. The van der Waals surface area contributed by atoms with Crippen molar-refractivity contribution in [1.29, 1.82) is 0 Å². The predicted molar refractivity (Wildman–Crippen MR) is 579 cm³/mol. The fourth-order valence-corrected chi connectivity index (χ4v) is 21.1. The second-order valence-corrected chi connectivity index (χ2v) is 37.2. The Bertz CT molecular complexity index is 8790. The Morgan fingerprint density at radius 3 is 0.923 bits per heavy atom. The number of rotatable bonds is 22. The molecule has 143 heavy (non-hydrogen) atoms. The molecule has 0 bridgehead atoms. The zero-order valence-corrected chi connectivity index (χ0v) is 81.1. The van der Waals surface area contributed by atoms with Gasteiger partial charge in [0.1, 0.15) is 33.6 Å². The summed E-state index contributed by atoms with van der Waals surface area (Å²) >= 11 is 6.30. The maximum atomic E-state index is 14.3. The molecule has 0 amide bonds. The van der Waals surface area contributed by atoms with Gasteiger partial charge in [0.25, 0.3) is 22.2 Å². The molecule has 0 spiro atoms. The molecule has 0 radical (unpaired) electrons. The first-order valence-corrected chi connectivity index (χ1v) is 49.5. The number of pyridine rings is 10. The van der Waals surface area contributed by atoms with Crippen LogP contribution in [0.3, 0.4) is 0 Å². The molecule has 24 rings (SSSR count). The number of anilines is 4. The fourth-order valence-electron chi connectivity index (χ4n) is 18.4. The molecule has 0 saturated heterocycles. The van der Waals surface area contributed by atoms with E-state index in [9.17, 15) is 19.2 Å². The summed E-state index contributed by atoms with van der Waals surface area (Å²) in [5.74, 6) is 4.12. The number of fused-ring (bicyclic) bond motifs is 8. The Hall–Kier alpha value is -17.6. The first-order chi connectivity index (χ1) is 70.2. The van der Waals surface area contributed by atoms with Crippen molar-refractivity contribution >= 4 is 153 Å². The van der Waals surface area contributed by atoms with Crippen molar-refractivity contribution in [2.75, 3.05) is 35.5 Å². The van der Waals surface area contributed by atoms with Crippen molar-refractivity contribution in [2.24, 2.45) is 0 Å². The number of hydrogen-bond acceptors (Lipinski definition) is 25. The van der Waals surface area contributed by atoms with E-state index in [-0.39, 0.29) is 46.4 Å². The number of para-hydroxylation sites is 5. The van der Waals surface area contributed by atoms with Gasteiger partial charge in [-0.1, -0.05) is 164 Å². The molecule has 15 aromatic heterocycles. The topological polar surface area (TPSA) is 297 Å². The number of methoxy groups -OCH3 is 2. The molecule has 0 saturated carbocycles. The highest BCUT2D eigenvalue weighted by Gasteiger charge is 2.28. The minimum absolute atomic E-state index is 0.0652. The van der Waals surface area contributed by atoms with Crippen LogP contribution in [0.15, 0.2) is 399 Å². The molecule has 29 heteroatoms. The van der Waals surface area contributed by atoms with E-state index < -0.39 is 0 Å². The summed E-state index contributed by atoms with van der Waals surface area (Å²) in [7, 11) is 3.25. The van der Waals surface area contributed by atoms with Gasteiger partial charge in [0.15, 0.2) is 23.3 Å². The van der Waals surface area contributed by atoms with Gasteiger partial charge < -0.3 is 35.2 Å². The Labute approximate surface area is 834 Å². The second-order valence-electron chi connectivity index (χ2n) is 33.7. The summed E-state index contributed by atoms with van der Waals surface area (Å²) in [6.07, 6.45) is 17.3. The van der Waals surface area contributed by atoms with Crippen LogP contribution in [0.25, 0.3) is 151 Å². The molecule has 4 N–H and O–H groups in total. The van der Waals surface area contributed by atoms with Crippen LogP contribution in [0.1, 0.15) is 74.6 Å². The molecule has 24 aromatic rings. The quantitative estimate of drug-likeness (QED) is 0.0490. The average Bonchev–Trinajstić information content (AvgIpc) is 0.858. The van der Waals surface area contributed by atoms with E-state index in [0.29, 0.717) is 50.6 Å². The number of hydrogen-bond donors (Lipinski definition) is 4. The molecular formula is C114H88N18O7S4. The first kappa shape index (κ1) is 91.8. The molecule has 9 aromatic carbocycles. The fraction of sp³-hybridized carbons (Fsp3) is 0.0877. The van der Waals surface area contributed by atoms with Crippen molar-refractivity contribution in [2.45, 2.75) is 51.9 Å². The van der Waals surface area contributed by atoms with E-state index in [2.05, 4.69) is 95.4 Å². The lowest BCUT2D eigenvalue weighted by Crippen LogP contribution is -2.26. The third-order valence-corrected chi connectivity index (χ3v) is 28.2. The number of furan rings is 1. The lowest BCUT2D eigenvalue weighted by Gasteiger charge is -2.22. The summed E-state index contributed by atoms with van der Waals surface area (Å²) in [4.78, 5) is 101. The Balaban J connectivity index is 0.000000113. The van der Waals surface area contributed by atoms with Crippen molar-refractivity contribution in [1.82, 2.24) is 68.1 Å². The largest absolute Gasteiger partial charge is 0.496 e. The van der Waals surface area contributed by atoms with Crippen LogP contribution in [0.2, 0.25) is 0 Å². The van der Waals surface area contributed by atoms with Gasteiger partial charge in [-0.25, -0.2) is 39.9 Å². The summed E-state index contributed by atoms with van der Waals surface area (Å²) in [5.41, 5.74) is 23.7. The summed E-state index contributed by atoms with van der Waals surface area (Å²) < 4.78 is 27.9. The zero-order valence-electron chi connectivity index (χ0n) is 77.9. The summed E-state index contributed by atoms with van der Waals surface area (Å²) in [6, 6.07) is 93.2. The lowest BCUT2D eigenvalue weighted by molar-refractivity contribution is 0.414. The molecule has 700 valence electrons. The standard InChI is InChI=1S/C30H24N4O2S.C29H23N5O2S.C28H21N5OS.C27H20N4O2S/c1-19(33-29-28-26(15-16-31-29)37-18-32-28)24-17-20-9-8-13-23(22-12-6-7-14-25(22)36-2)27(20)30(35)34(24)21-10-4-3-5-11-21;1-18(33-28-27-25(12-14-31-28)37-17-32-27)23-15-19-7-6-10-22(21-11-13-30-16-24(21)36-2)26(19)29(35)34(23)20-8-4-3-5-9-20;1-18(32-27-26-24(12-15-30-27)35-17-31-26)23-16-20-6-5-9-22(19-10-13-29-14-11-19)25(20)28(34)33(23)21-7-3-2-4-8-21;1-17(30-26-25-23(10-12-28-26)34-16-29-25)22-14-18-6-5-9-21(19-11-13-33-15-19)24(18)27(32)31(22)20-7-3-2-4-8-20/h3-19H,1-2H3,(H,31,33);3-18H,1-2H3,(H,31,33);2-18H,1H3,(H,30,32);2-17H,1H3,(H,28,30)/t19-;2*18-;17-/m0000/s1. The van der Waals surface area contributed by atoms with Gasteiger partial charge in [-0.15, -0.1) is 45.3 Å². The van der Waals surface area contributed by atoms with Crippen LogP contribution in [0.4, 0.5) is 23.3 Å². The van der Waals surface area contributed by atoms with E-state index in [1.807, 2.05) is 317 Å². The van der Waals surface area contributed by atoms with Gasteiger partial charge in [0.2, 0.25) is 0 Å². The minimum Gasteiger partial charge on any atom is -0.496 e. The van der Waals surface area contributed by atoms with Crippen LogP contribution < -0.4 is 53.0 Å². The minimum atomic E-state index is -0.240. The molecule has 0 unspecified atom stereocenters. The molecule has 0 fully saturated rings. The van der Waals surface area contributed by atoms with Crippen LogP contribution in [0, 0.1) is 0 Å². The van der Waals surface area contributed by atoms with Crippen LogP contribution in [0.5, 0.6) is 11.5 Å². The molecule has 25 nitrogen and oxygen atoms in total. The second kappa shape index (κ2) is 40.8. The molecule has 15 heterocycles. The van der Waals surface area contributed by atoms with E-state index in [1.165, 1.54) is 0 Å². The number of nitrogens with one attached hydrogen (secondary N) is 4. The Kier molecular flexibility index (Phi) is 26.2. The van der Waals surface area contributed by atoms with Crippen LogP contribution in [-0.2, 0) is 0 Å². The number of thiazole rings is 4. The third kappa shape index (κ3) is 18.3. The van der Waals surface area contributed by atoms with Crippen molar-refractivity contribution in [3.8, 4) is 78.8 Å². The van der Waals surface area contributed by atoms with E-state index >= 15 is 0 Å². The monoisotopic (exact) mass is 1950 g/mol. The lowest BCUT2D eigenvalue weighted by atomic mass is 9.97. The third-order valence-electron chi connectivity index (χ3n) is 25.1. The number of aromatic nitrogens is 14. The maximum absolute atomic E-state index is 14.3. The van der Waals surface area contributed by atoms with Gasteiger partial charge in [-0.05, 0) is 204 Å². The Morgan fingerprint density at radius 2 is 0.587 bits per heavy atom. The summed E-state index contributed by atoms with van der Waals surface area (Å²) in [5, 5.41) is 20.1. The Morgan fingerprint density at radius 1 is 0.287 bits per heavy atom. The van der Waals surface area contributed by atoms with Gasteiger partial charge in [-0.3, -0.25) is 47.4 Å². The number of nitrogens with zero attached hydrogens (tertiary/aromatic N) is 14. The van der Waals surface area contributed by atoms with Gasteiger partial charge >= 0.3 is 0 Å². The zero-order chi connectivity index (χ0) is 97.6. The number of benzene rings is 9. The highest BCUT2D eigenvalue weighted by atomic mass is 32.1. The van der Waals surface area contributed by atoms with Gasteiger partial charge in [0.05, 0.1) is 119 Å².